The highest BCUT2D eigenvalue weighted by atomic mass is 16.5. The van der Waals surface area contributed by atoms with Gasteiger partial charge in [0.1, 0.15) is 24.5 Å². The van der Waals surface area contributed by atoms with Crippen LogP contribution in [-0.4, -0.2) is 54.3 Å². The summed E-state index contributed by atoms with van der Waals surface area (Å²) in [5, 5.41) is 13.8. The Balaban J connectivity index is 1.95. The van der Waals surface area contributed by atoms with Gasteiger partial charge in [0.05, 0.1) is 18.0 Å². The number of nitrogens with zero attached hydrogens (tertiary/aromatic N) is 3. The SMILES string of the molecule is COc1cc(Nc2ncnc3cccc(OCCN(C)C)c23)ccc1O. The molecule has 7 heteroatoms. The Kier molecular flexibility index (Phi) is 5.38. The van der Waals surface area contributed by atoms with Gasteiger partial charge < -0.3 is 24.8 Å². The number of benzene rings is 2. The molecule has 0 spiro atoms. The zero-order valence-corrected chi connectivity index (χ0v) is 15.1. The Morgan fingerprint density at radius 1 is 1.12 bits per heavy atom. The third-order valence-corrected chi connectivity index (χ3v) is 3.86. The second-order valence-electron chi connectivity index (χ2n) is 6.04. The first-order valence-corrected chi connectivity index (χ1v) is 8.24. The van der Waals surface area contributed by atoms with Gasteiger partial charge in [0.2, 0.25) is 0 Å². The molecule has 3 rings (SSSR count). The largest absolute Gasteiger partial charge is 0.504 e. The summed E-state index contributed by atoms with van der Waals surface area (Å²) in [7, 11) is 5.51. The molecule has 0 aliphatic rings. The van der Waals surface area contributed by atoms with E-state index in [9.17, 15) is 5.11 Å². The normalized spacial score (nSPS) is 10.9. The lowest BCUT2D eigenvalue weighted by Crippen LogP contribution is -2.19. The Labute approximate surface area is 152 Å². The molecule has 0 aliphatic carbocycles. The molecule has 7 nitrogen and oxygen atoms in total. The number of ether oxygens (including phenoxy) is 2. The van der Waals surface area contributed by atoms with Crippen LogP contribution in [0.1, 0.15) is 0 Å². The van der Waals surface area contributed by atoms with E-state index in [0.717, 1.165) is 28.9 Å². The van der Waals surface area contributed by atoms with Crippen LogP contribution in [0, 0.1) is 0 Å². The van der Waals surface area contributed by atoms with E-state index in [2.05, 4.69) is 20.2 Å². The van der Waals surface area contributed by atoms with Crippen LogP contribution in [0.25, 0.3) is 10.9 Å². The first-order valence-electron chi connectivity index (χ1n) is 8.24. The van der Waals surface area contributed by atoms with E-state index in [-0.39, 0.29) is 5.75 Å². The van der Waals surface area contributed by atoms with Crippen LogP contribution in [0.15, 0.2) is 42.7 Å². The van der Waals surface area contributed by atoms with Gasteiger partial charge in [-0.05, 0) is 38.4 Å². The van der Waals surface area contributed by atoms with E-state index in [4.69, 9.17) is 9.47 Å². The number of aromatic nitrogens is 2. The van der Waals surface area contributed by atoms with Crippen LogP contribution < -0.4 is 14.8 Å². The smallest absolute Gasteiger partial charge is 0.162 e. The lowest BCUT2D eigenvalue weighted by atomic mass is 10.2. The molecule has 1 aromatic heterocycles. The Morgan fingerprint density at radius 2 is 1.96 bits per heavy atom. The van der Waals surface area contributed by atoms with Crippen molar-refractivity contribution >= 4 is 22.4 Å². The lowest BCUT2D eigenvalue weighted by Gasteiger charge is -2.15. The molecule has 26 heavy (non-hydrogen) atoms. The van der Waals surface area contributed by atoms with Gasteiger partial charge in [-0.2, -0.15) is 0 Å². The standard InChI is InChI=1S/C19H22N4O3/c1-23(2)9-10-26-16-6-4-5-14-18(16)19(21-12-20-14)22-13-7-8-15(24)17(11-13)25-3/h4-8,11-12,24H,9-10H2,1-3H3,(H,20,21,22). The maximum atomic E-state index is 9.76. The number of aromatic hydroxyl groups is 1. The van der Waals surface area contributed by atoms with Crippen molar-refractivity contribution in [2.75, 3.05) is 39.7 Å². The number of fused-ring (bicyclic) bond motifs is 1. The molecular formula is C19H22N4O3. The number of phenols is 1. The van der Waals surface area contributed by atoms with Crippen molar-refractivity contribution in [2.24, 2.45) is 0 Å². The van der Waals surface area contributed by atoms with Crippen LogP contribution in [0.4, 0.5) is 11.5 Å². The lowest BCUT2D eigenvalue weighted by molar-refractivity contribution is 0.263. The number of methoxy groups -OCH3 is 1. The number of nitrogens with one attached hydrogen (secondary N) is 1. The molecule has 0 amide bonds. The third-order valence-electron chi connectivity index (χ3n) is 3.86. The first kappa shape index (κ1) is 17.8. The minimum atomic E-state index is 0.0818. The van der Waals surface area contributed by atoms with Crippen molar-refractivity contribution in [1.82, 2.24) is 14.9 Å². The van der Waals surface area contributed by atoms with Crippen molar-refractivity contribution in [1.29, 1.82) is 0 Å². The highest BCUT2D eigenvalue weighted by molar-refractivity contribution is 5.95. The molecule has 0 fully saturated rings. The van der Waals surface area contributed by atoms with E-state index >= 15 is 0 Å². The monoisotopic (exact) mass is 354 g/mol. The summed E-state index contributed by atoms with van der Waals surface area (Å²) < 4.78 is 11.1. The number of likely N-dealkylation sites (N-methyl/N-ethyl adjacent to an activating group) is 1. The minimum Gasteiger partial charge on any atom is -0.504 e. The number of anilines is 2. The number of phenolic OH excluding ortho intramolecular Hbond substituents is 1. The zero-order chi connectivity index (χ0) is 18.5. The molecule has 0 bridgehead atoms. The highest BCUT2D eigenvalue weighted by Crippen LogP contribution is 2.34. The molecule has 0 radical (unpaired) electrons. The molecule has 0 aliphatic heterocycles. The highest BCUT2D eigenvalue weighted by Gasteiger charge is 2.11. The zero-order valence-electron chi connectivity index (χ0n) is 15.1. The average molecular weight is 354 g/mol. The third kappa shape index (κ3) is 3.94. The fourth-order valence-electron chi connectivity index (χ4n) is 2.52. The van der Waals surface area contributed by atoms with Gasteiger partial charge in [0.25, 0.3) is 0 Å². The summed E-state index contributed by atoms with van der Waals surface area (Å²) in [6.07, 6.45) is 1.51. The second kappa shape index (κ2) is 7.88. The van der Waals surface area contributed by atoms with Crippen LogP contribution in [-0.2, 0) is 0 Å². The van der Waals surface area contributed by atoms with E-state index < -0.39 is 0 Å². The molecule has 0 atom stereocenters. The summed E-state index contributed by atoms with van der Waals surface area (Å²) >= 11 is 0. The Morgan fingerprint density at radius 3 is 2.73 bits per heavy atom. The van der Waals surface area contributed by atoms with Gasteiger partial charge in [-0.25, -0.2) is 9.97 Å². The summed E-state index contributed by atoms with van der Waals surface area (Å²) in [4.78, 5) is 10.8. The maximum absolute atomic E-state index is 9.76. The molecule has 0 saturated heterocycles. The van der Waals surface area contributed by atoms with Gasteiger partial charge in [-0.15, -0.1) is 0 Å². The van der Waals surface area contributed by atoms with Crippen LogP contribution >= 0.6 is 0 Å². The molecule has 3 aromatic rings. The van der Waals surface area contributed by atoms with Crippen molar-refractivity contribution < 1.29 is 14.6 Å². The van der Waals surface area contributed by atoms with Gasteiger partial charge in [0.15, 0.2) is 11.5 Å². The van der Waals surface area contributed by atoms with E-state index in [1.807, 2.05) is 32.3 Å². The van der Waals surface area contributed by atoms with Gasteiger partial charge in [-0.1, -0.05) is 6.07 Å². The fourth-order valence-corrected chi connectivity index (χ4v) is 2.52. The average Bonchev–Trinajstić information content (AvgIpc) is 2.63. The molecule has 136 valence electrons. The first-order chi connectivity index (χ1) is 12.6. The van der Waals surface area contributed by atoms with E-state index in [1.165, 1.54) is 13.4 Å². The molecule has 0 saturated carbocycles. The summed E-state index contributed by atoms with van der Waals surface area (Å²) in [5.41, 5.74) is 1.53. The second-order valence-corrected chi connectivity index (χ2v) is 6.04. The topological polar surface area (TPSA) is 79.7 Å². The van der Waals surface area contributed by atoms with Crippen LogP contribution in [0.5, 0.6) is 17.2 Å². The van der Waals surface area contributed by atoms with E-state index in [0.29, 0.717) is 18.2 Å². The van der Waals surface area contributed by atoms with Crippen LogP contribution in [0.3, 0.4) is 0 Å². The molecule has 2 N–H and O–H groups in total. The number of hydrogen-bond donors (Lipinski definition) is 2. The maximum Gasteiger partial charge on any atom is 0.162 e. The van der Waals surface area contributed by atoms with Crippen molar-refractivity contribution in [2.45, 2.75) is 0 Å². The summed E-state index contributed by atoms with van der Waals surface area (Å²) in [6.45, 7) is 1.37. The fraction of sp³-hybridized carbons (Fsp3) is 0.263. The van der Waals surface area contributed by atoms with Gasteiger partial charge in [-0.3, -0.25) is 0 Å². The molecule has 1 heterocycles. The van der Waals surface area contributed by atoms with Gasteiger partial charge >= 0.3 is 0 Å². The number of hydrogen-bond acceptors (Lipinski definition) is 7. The molecular weight excluding hydrogens is 332 g/mol. The Bertz CT molecular complexity index is 894. The Hall–Kier alpha value is -3.06. The number of rotatable bonds is 7. The minimum absolute atomic E-state index is 0.0818. The van der Waals surface area contributed by atoms with Crippen LogP contribution in [0.2, 0.25) is 0 Å². The summed E-state index contributed by atoms with van der Waals surface area (Å²) in [5.74, 6) is 1.82. The van der Waals surface area contributed by atoms with Crippen molar-refractivity contribution in [3.05, 3.63) is 42.7 Å². The van der Waals surface area contributed by atoms with Crippen molar-refractivity contribution in [3.8, 4) is 17.2 Å². The van der Waals surface area contributed by atoms with Gasteiger partial charge in [0, 0.05) is 18.3 Å². The molecule has 0 unspecified atom stereocenters. The predicted octanol–water partition coefficient (Wildman–Crippen LogP) is 3.03. The van der Waals surface area contributed by atoms with Crippen molar-refractivity contribution in [3.63, 3.8) is 0 Å². The van der Waals surface area contributed by atoms with E-state index in [1.54, 1.807) is 18.2 Å². The predicted molar refractivity (Wildman–Crippen MR) is 102 cm³/mol. The molecule has 2 aromatic carbocycles. The quantitative estimate of drug-likeness (QED) is 0.631. The summed E-state index contributed by atoms with van der Waals surface area (Å²) in [6, 6.07) is 10.8.